The Bertz CT molecular complexity index is 1910. The molecule has 3 aromatic rings. The molecular formula is C40H45FN2O8Si. The number of Topliss-reactive ketones (excluding diaryl/α,β-unsaturated/α-hetero) is 2. The van der Waals surface area contributed by atoms with Crippen LogP contribution in [0.4, 0.5) is 4.39 Å². The third-order valence-corrected chi connectivity index (χ3v) is 15.9. The number of nitrogens with zero attached hydrogens (tertiary/aromatic N) is 2. The van der Waals surface area contributed by atoms with E-state index in [0.29, 0.717) is 18.1 Å². The van der Waals surface area contributed by atoms with Crippen molar-refractivity contribution in [2.75, 3.05) is 14.1 Å². The molecule has 1 aromatic heterocycles. The normalized spacial score (nSPS) is 26.9. The Morgan fingerprint density at radius 1 is 0.942 bits per heavy atom. The highest BCUT2D eigenvalue weighted by atomic mass is 28.4. The summed E-state index contributed by atoms with van der Waals surface area (Å²) in [5.74, 6) is -3.68. The molecule has 0 saturated heterocycles. The number of aliphatic hydroxyl groups excluding tert-OH is 1. The molecule has 0 radical (unpaired) electrons. The lowest BCUT2D eigenvalue weighted by Crippen LogP contribution is -2.69. The van der Waals surface area contributed by atoms with Gasteiger partial charge in [-0.2, -0.15) is 0 Å². The fraction of sp³-hybridized carbons (Fsp3) is 0.425. The van der Waals surface area contributed by atoms with E-state index in [1.54, 1.807) is 14.1 Å². The maximum absolute atomic E-state index is 15.7. The summed E-state index contributed by atoms with van der Waals surface area (Å²) >= 11 is 0. The first-order chi connectivity index (χ1) is 25.1. The molecule has 7 rings (SSSR count). The smallest absolute Gasteiger partial charge is 0.265 e. The lowest BCUT2D eigenvalue weighted by atomic mass is 9.65. The topological polar surface area (TPSA) is 121 Å². The summed E-state index contributed by atoms with van der Waals surface area (Å²) in [5, 5.41) is 16.9. The predicted molar refractivity (Wildman–Crippen MR) is 192 cm³/mol. The highest BCUT2D eigenvalue weighted by molar-refractivity contribution is 6.74. The lowest BCUT2D eigenvalue weighted by Gasteiger charge is -2.54. The number of benzene rings is 2. The van der Waals surface area contributed by atoms with Gasteiger partial charge in [-0.25, -0.2) is 4.39 Å². The first-order valence-electron chi connectivity index (χ1n) is 18.0. The van der Waals surface area contributed by atoms with Crippen molar-refractivity contribution in [3.05, 3.63) is 118 Å². The number of likely N-dealkylation sites (N-methyl/N-ethyl adjacent to an activating group) is 1. The zero-order chi connectivity index (χ0) is 36.8. The molecule has 1 saturated carbocycles. The average molecular weight is 729 g/mol. The maximum Gasteiger partial charge on any atom is 0.265 e. The zero-order valence-electron chi connectivity index (χ0n) is 30.1. The minimum atomic E-state index is -2.77. The fourth-order valence-electron chi connectivity index (χ4n) is 8.21. The summed E-state index contributed by atoms with van der Waals surface area (Å²) in [6, 6.07) is 20.1. The molecule has 10 nitrogen and oxygen atoms in total. The fourth-order valence-corrected chi connectivity index (χ4v) is 11.1. The van der Waals surface area contributed by atoms with Gasteiger partial charge in [0.05, 0.1) is 17.6 Å². The van der Waals surface area contributed by atoms with Crippen LogP contribution in [0, 0.1) is 11.8 Å². The second kappa shape index (κ2) is 14.2. The van der Waals surface area contributed by atoms with Crippen LogP contribution < -0.4 is 4.74 Å². The number of halogens is 1. The van der Waals surface area contributed by atoms with E-state index in [1.165, 1.54) is 12.2 Å². The molecule has 0 spiro atoms. The number of ether oxygens (including phenoxy) is 3. The van der Waals surface area contributed by atoms with Crippen LogP contribution in [0.1, 0.15) is 60.5 Å². The van der Waals surface area contributed by atoms with Crippen molar-refractivity contribution >= 4 is 19.9 Å². The maximum atomic E-state index is 15.7. The molecule has 2 aromatic carbocycles. The Labute approximate surface area is 304 Å². The van der Waals surface area contributed by atoms with Gasteiger partial charge in [0.1, 0.15) is 48.3 Å². The van der Waals surface area contributed by atoms with Gasteiger partial charge in [-0.3, -0.25) is 14.5 Å². The molecule has 6 atom stereocenters. The van der Waals surface area contributed by atoms with Crippen LogP contribution in [0.25, 0.3) is 0 Å². The number of aliphatic hydroxyl groups is 1. The third-order valence-electron chi connectivity index (χ3n) is 11.3. The van der Waals surface area contributed by atoms with E-state index in [0.717, 1.165) is 11.1 Å². The summed E-state index contributed by atoms with van der Waals surface area (Å²) in [6.07, 6.45) is 0.653. The van der Waals surface area contributed by atoms with Crippen LogP contribution in [0.3, 0.4) is 0 Å². The molecule has 3 aliphatic carbocycles. The van der Waals surface area contributed by atoms with Crippen molar-refractivity contribution in [2.45, 2.75) is 82.4 Å². The van der Waals surface area contributed by atoms with Crippen molar-refractivity contribution in [2.24, 2.45) is 11.8 Å². The Kier molecular flexibility index (Phi) is 9.85. The first-order valence-corrected chi connectivity index (χ1v) is 20.6. The van der Waals surface area contributed by atoms with Gasteiger partial charge in [-0.05, 0) is 67.1 Å². The van der Waals surface area contributed by atoms with Crippen LogP contribution in [0.5, 0.6) is 5.88 Å². The van der Waals surface area contributed by atoms with Crippen molar-refractivity contribution in [1.82, 2.24) is 10.1 Å². The average Bonchev–Trinajstić information content (AvgIpc) is 3.58. The molecule has 1 N–H and O–H groups in total. The number of fused-ring (bicyclic) bond motifs is 4. The van der Waals surface area contributed by atoms with Gasteiger partial charge in [0.15, 0.2) is 19.9 Å². The number of allylic oxidation sites excluding steroid dienone is 4. The third kappa shape index (κ3) is 5.85. The van der Waals surface area contributed by atoms with E-state index in [-0.39, 0.29) is 48.2 Å². The van der Waals surface area contributed by atoms with Crippen LogP contribution in [-0.4, -0.2) is 67.0 Å². The van der Waals surface area contributed by atoms with Crippen LogP contribution in [0.2, 0.25) is 18.1 Å². The first kappa shape index (κ1) is 36.0. The molecule has 1 fully saturated rings. The number of aromatic nitrogens is 1. The van der Waals surface area contributed by atoms with Crippen molar-refractivity contribution < 1.29 is 42.2 Å². The Morgan fingerprint density at radius 2 is 1.56 bits per heavy atom. The molecule has 1 aliphatic heterocycles. The van der Waals surface area contributed by atoms with Gasteiger partial charge in [-0.1, -0.05) is 81.4 Å². The van der Waals surface area contributed by atoms with Crippen molar-refractivity contribution in [3.63, 3.8) is 0 Å². The molecule has 0 amide bonds. The van der Waals surface area contributed by atoms with E-state index < -0.39 is 67.2 Å². The van der Waals surface area contributed by atoms with Crippen LogP contribution in [0.15, 0.2) is 100 Å². The van der Waals surface area contributed by atoms with Gasteiger partial charge in [0.25, 0.3) is 5.88 Å². The van der Waals surface area contributed by atoms with Crippen LogP contribution >= 0.6 is 0 Å². The van der Waals surface area contributed by atoms with Gasteiger partial charge in [0, 0.05) is 5.92 Å². The number of hydrogen-bond acceptors (Lipinski definition) is 10. The van der Waals surface area contributed by atoms with Crippen molar-refractivity contribution in [3.8, 4) is 5.88 Å². The minimum absolute atomic E-state index is 0.0332. The van der Waals surface area contributed by atoms with E-state index >= 15 is 9.18 Å². The number of carbonyl (C=O) groups is 2. The van der Waals surface area contributed by atoms with Gasteiger partial charge >= 0.3 is 0 Å². The summed E-state index contributed by atoms with van der Waals surface area (Å²) in [5.41, 5.74) is -0.450. The summed E-state index contributed by atoms with van der Waals surface area (Å²) in [7, 11) is 0.839. The molecule has 4 aliphatic rings. The monoisotopic (exact) mass is 728 g/mol. The van der Waals surface area contributed by atoms with Gasteiger partial charge < -0.3 is 28.3 Å². The summed E-state index contributed by atoms with van der Waals surface area (Å²) < 4.78 is 47.8. The molecule has 2 unspecified atom stereocenters. The minimum Gasteiger partial charge on any atom is -0.508 e. The van der Waals surface area contributed by atoms with E-state index in [1.807, 2.05) is 86.3 Å². The van der Waals surface area contributed by atoms with Crippen molar-refractivity contribution in [1.29, 1.82) is 0 Å². The number of carbonyl (C=O) groups excluding carboxylic acids is 2. The highest BCUT2D eigenvalue weighted by Crippen LogP contribution is 2.56. The van der Waals surface area contributed by atoms with E-state index in [4.69, 9.17) is 23.2 Å². The summed E-state index contributed by atoms with van der Waals surface area (Å²) in [6.45, 7) is 6.34. The Morgan fingerprint density at radius 3 is 2.15 bits per heavy atom. The lowest BCUT2D eigenvalue weighted by molar-refractivity contribution is -0.163. The quantitative estimate of drug-likeness (QED) is 0.187. The molecule has 0 bridgehead atoms. The molecule has 12 heteroatoms. The van der Waals surface area contributed by atoms with Crippen LogP contribution in [-0.2, 0) is 31.9 Å². The molecular weight excluding hydrogens is 684 g/mol. The zero-order valence-corrected chi connectivity index (χ0v) is 31.1. The van der Waals surface area contributed by atoms with Gasteiger partial charge in [-0.15, -0.1) is 0 Å². The summed E-state index contributed by atoms with van der Waals surface area (Å²) in [4.78, 5) is 31.9. The second-order valence-corrected chi connectivity index (χ2v) is 18.9. The Balaban J connectivity index is 1.36. The predicted octanol–water partition coefficient (Wildman–Crippen LogP) is 7.57. The van der Waals surface area contributed by atoms with Gasteiger partial charge in [0.2, 0.25) is 11.4 Å². The largest absolute Gasteiger partial charge is 0.508 e. The second-order valence-electron chi connectivity index (χ2n) is 14.2. The molecule has 2 heterocycles. The molecule has 274 valence electrons. The highest BCUT2D eigenvalue weighted by Gasteiger charge is 2.69. The van der Waals surface area contributed by atoms with E-state index in [2.05, 4.69) is 5.16 Å². The molecule has 52 heavy (non-hydrogen) atoms. The van der Waals surface area contributed by atoms with E-state index in [9.17, 15) is 9.90 Å². The SMILES string of the molecule is CC[Si](CC)(CC)O[C@@]12C(=O)c3c(OCc4ccccc4)noc3[C@@H](N(C)C)[C@@H]1O[C@@H]1CC3C(F)=CC=C(OCc4ccccc4)C3C(=O)C1=C2O. The number of hydrogen-bond donors (Lipinski definition) is 1. The number of ketones is 2. The standard InChI is InChI=1S/C40H45FN2O8Si/c1-6-52(7-2,8-3)51-40-36(45)31-29(21-26-27(41)19-20-28(30(26)34(31)44)47-22-24-15-11-9-12-16-24)49-38(40)33(43(4)5)35-32(37(40)46)39(42-50-35)48-23-25-17-13-10-14-18-25/h9-20,26,29-30,33,38,45H,6-8,21-23H2,1-5H3/t26?,29-,30?,33-,38+,40+/m1/s1. The number of rotatable bonds is 12. The Hall–Kier alpha value is -4.36.